The first-order valence-corrected chi connectivity index (χ1v) is 12.4. The van der Waals surface area contributed by atoms with Crippen molar-refractivity contribution in [3.8, 4) is 22.1 Å². The van der Waals surface area contributed by atoms with Gasteiger partial charge in [-0.2, -0.15) is 0 Å². The maximum Gasteiger partial charge on any atom is 0.188 e. The number of thioether (sulfide) groups is 1. The summed E-state index contributed by atoms with van der Waals surface area (Å²) in [6.45, 7) is 4.37. The number of carbonyl (C=O) groups is 2. The standard InChI is InChI=1S/C24H26FN3O4S2/c1-14(29)9-18-12-19(10-15(2)30)27-24(26-18)33-13-20-16(3)34-23(28-20)17-5-6-21(31-4)22(11-17)32-8-7-25/h5-6,11-12H,7-10,13H2,1-4H3. The Morgan fingerprint density at radius 1 is 1.03 bits per heavy atom. The Kier molecular flexibility index (Phi) is 9.12. The van der Waals surface area contributed by atoms with Gasteiger partial charge in [-0.1, -0.05) is 11.8 Å². The third-order valence-electron chi connectivity index (χ3n) is 4.65. The number of halogens is 1. The minimum atomic E-state index is -0.588. The van der Waals surface area contributed by atoms with Crippen LogP contribution >= 0.6 is 23.1 Å². The third kappa shape index (κ3) is 7.07. The van der Waals surface area contributed by atoms with Gasteiger partial charge in [0.2, 0.25) is 0 Å². The number of ketones is 2. The Balaban J connectivity index is 1.80. The zero-order chi connectivity index (χ0) is 24.7. The number of methoxy groups -OCH3 is 1. The SMILES string of the molecule is COc1ccc(-c2nc(CSc3nc(CC(C)=O)cc(CC(C)=O)n3)c(C)s2)cc1OCCF. The maximum absolute atomic E-state index is 12.6. The summed E-state index contributed by atoms with van der Waals surface area (Å²) in [4.78, 5) is 37.9. The van der Waals surface area contributed by atoms with Crippen molar-refractivity contribution in [2.75, 3.05) is 20.4 Å². The fourth-order valence-corrected chi connectivity index (χ4v) is 5.10. The van der Waals surface area contributed by atoms with Crippen molar-refractivity contribution >= 4 is 34.7 Å². The smallest absolute Gasteiger partial charge is 0.188 e. The van der Waals surface area contributed by atoms with Gasteiger partial charge in [-0.25, -0.2) is 19.3 Å². The maximum atomic E-state index is 12.6. The molecule has 0 radical (unpaired) electrons. The van der Waals surface area contributed by atoms with E-state index >= 15 is 0 Å². The Morgan fingerprint density at radius 2 is 1.71 bits per heavy atom. The lowest BCUT2D eigenvalue weighted by Crippen LogP contribution is -2.07. The largest absolute Gasteiger partial charge is 0.493 e. The van der Waals surface area contributed by atoms with Crippen molar-refractivity contribution < 1.29 is 23.5 Å². The summed E-state index contributed by atoms with van der Waals surface area (Å²) in [7, 11) is 1.54. The second-order valence-corrected chi connectivity index (χ2v) is 9.75. The number of alkyl halides is 1. The van der Waals surface area contributed by atoms with Gasteiger partial charge in [-0.15, -0.1) is 11.3 Å². The molecule has 0 aliphatic carbocycles. The molecule has 2 aromatic heterocycles. The highest BCUT2D eigenvalue weighted by Crippen LogP contribution is 2.36. The van der Waals surface area contributed by atoms with Crippen molar-refractivity contribution in [1.82, 2.24) is 15.0 Å². The van der Waals surface area contributed by atoms with E-state index in [1.807, 2.05) is 13.0 Å². The summed E-state index contributed by atoms with van der Waals surface area (Å²) in [5, 5.41) is 1.32. The Labute approximate surface area is 206 Å². The number of nitrogens with zero attached hydrogens (tertiary/aromatic N) is 3. The molecule has 0 bridgehead atoms. The first-order valence-electron chi connectivity index (χ1n) is 10.6. The molecule has 0 aliphatic rings. The molecule has 7 nitrogen and oxygen atoms in total. The van der Waals surface area contributed by atoms with Crippen molar-refractivity contribution in [2.24, 2.45) is 0 Å². The Morgan fingerprint density at radius 3 is 2.29 bits per heavy atom. The third-order valence-corrected chi connectivity index (χ3v) is 6.57. The number of rotatable bonds is 12. The van der Waals surface area contributed by atoms with Crippen LogP contribution in [0.2, 0.25) is 0 Å². The van der Waals surface area contributed by atoms with Crippen molar-refractivity contribution in [2.45, 2.75) is 44.5 Å². The normalized spacial score (nSPS) is 10.9. The number of ether oxygens (including phenoxy) is 2. The van der Waals surface area contributed by atoms with Crippen LogP contribution in [0.4, 0.5) is 4.39 Å². The molecule has 3 rings (SSSR count). The summed E-state index contributed by atoms with van der Waals surface area (Å²) in [5.41, 5.74) is 2.95. The highest BCUT2D eigenvalue weighted by atomic mass is 32.2. The van der Waals surface area contributed by atoms with Crippen molar-refractivity contribution in [3.05, 3.63) is 46.2 Å². The summed E-state index contributed by atoms with van der Waals surface area (Å²) >= 11 is 2.96. The molecule has 0 N–H and O–H groups in total. The summed E-state index contributed by atoms with van der Waals surface area (Å²) in [5.74, 6) is 1.53. The van der Waals surface area contributed by atoms with Crippen LogP contribution in [0.1, 0.15) is 35.8 Å². The monoisotopic (exact) mass is 503 g/mol. The molecular formula is C24H26FN3O4S2. The highest BCUT2D eigenvalue weighted by molar-refractivity contribution is 7.98. The molecule has 10 heteroatoms. The first-order chi connectivity index (χ1) is 16.3. The molecule has 0 saturated carbocycles. The molecule has 0 fully saturated rings. The van der Waals surface area contributed by atoms with Gasteiger partial charge in [0.25, 0.3) is 0 Å². The second kappa shape index (κ2) is 12.0. The summed E-state index contributed by atoms with van der Waals surface area (Å²) < 4.78 is 23.3. The number of Topliss-reactive ketones (excluding diaryl/α,β-unsaturated/α-hetero) is 2. The number of carbonyl (C=O) groups excluding carboxylic acids is 2. The first kappa shape index (κ1) is 25.8. The Bertz CT molecular complexity index is 1150. The number of hydrogen-bond donors (Lipinski definition) is 0. The van der Waals surface area contributed by atoms with Crippen LogP contribution in [0.5, 0.6) is 11.5 Å². The predicted octanol–water partition coefficient (Wildman–Crippen LogP) is 4.82. The fourth-order valence-electron chi connectivity index (χ4n) is 3.17. The van der Waals surface area contributed by atoms with E-state index in [1.54, 1.807) is 29.5 Å². The van der Waals surface area contributed by atoms with E-state index in [1.165, 1.54) is 32.7 Å². The molecule has 1 aromatic carbocycles. The van der Waals surface area contributed by atoms with Crippen LogP contribution in [0.15, 0.2) is 29.4 Å². The number of hydrogen-bond acceptors (Lipinski definition) is 9. The lowest BCUT2D eigenvalue weighted by atomic mass is 10.1. The molecule has 0 atom stereocenters. The van der Waals surface area contributed by atoms with E-state index in [0.29, 0.717) is 33.8 Å². The zero-order valence-corrected chi connectivity index (χ0v) is 21.1. The van der Waals surface area contributed by atoms with Gasteiger partial charge in [-0.05, 0) is 45.0 Å². The molecule has 2 heterocycles. The van der Waals surface area contributed by atoms with Crippen LogP contribution in [-0.4, -0.2) is 46.9 Å². The van der Waals surface area contributed by atoms with E-state index in [2.05, 4.69) is 9.97 Å². The molecule has 34 heavy (non-hydrogen) atoms. The van der Waals surface area contributed by atoms with E-state index in [9.17, 15) is 14.0 Å². The van der Waals surface area contributed by atoms with Crippen LogP contribution in [-0.2, 0) is 28.2 Å². The summed E-state index contributed by atoms with van der Waals surface area (Å²) in [6, 6.07) is 7.18. The van der Waals surface area contributed by atoms with Crippen molar-refractivity contribution in [3.63, 3.8) is 0 Å². The van der Waals surface area contributed by atoms with Gasteiger partial charge >= 0.3 is 0 Å². The number of aryl methyl sites for hydroxylation is 1. The van der Waals surface area contributed by atoms with Gasteiger partial charge in [0.05, 0.1) is 24.2 Å². The van der Waals surface area contributed by atoms with Gasteiger partial charge in [-0.3, -0.25) is 9.59 Å². The molecule has 3 aromatic rings. The lowest BCUT2D eigenvalue weighted by molar-refractivity contribution is -0.117. The van der Waals surface area contributed by atoms with Gasteiger partial charge in [0.15, 0.2) is 16.7 Å². The van der Waals surface area contributed by atoms with Crippen LogP contribution in [0.3, 0.4) is 0 Å². The van der Waals surface area contributed by atoms with E-state index < -0.39 is 6.67 Å². The molecule has 0 aliphatic heterocycles. The van der Waals surface area contributed by atoms with Crippen LogP contribution in [0.25, 0.3) is 10.6 Å². The van der Waals surface area contributed by atoms with E-state index in [0.717, 1.165) is 21.1 Å². The van der Waals surface area contributed by atoms with Gasteiger partial charge in [0.1, 0.15) is 29.9 Å². The highest BCUT2D eigenvalue weighted by Gasteiger charge is 2.15. The topological polar surface area (TPSA) is 91.3 Å². The lowest BCUT2D eigenvalue weighted by Gasteiger charge is -2.10. The average molecular weight is 504 g/mol. The van der Waals surface area contributed by atoms with E-state index in [4.69, 9.17) is 14.5 Å². The minimum absolute atomic E-state index is 0.00207. The van der Waals surface area contributed by atoms with Gasteiger partial charge < -0.3 is 9.47 Å². The fraction of sp³-hybridized carbons (Fsp3) is 0.375. The molecule has 0 unspecified atom stereocenters. The molecule has 0 saturated heterocycles. The minimum Gasteiger partial charge on any atom is -0.493 e. The van der Waals surface area contributed by atoms with E-state index in [-0.39, 0.29) is 31.0 Å². The second-order valence-electron chi connectivity index (χ2n) is 7.60. The molecule has 0 spiro atoms. The van der Waals surface area contributed by atoms with Gasteiger partial charge in [0, 0.05) is 29.0 Å². The number of thiazole rings is 1. The number of benzene rings is 1. The molecule has 180 valence electrons. The predicted molar refractivity (Wildman–Crippen MR) is 131 cm³/mol. The quantitative estimate of drug-likeness (QED) is 0.257. The zero-order valence-electron chi connectivity index (χ0n) is 19.5. The number of aromatic nitrogens is 3. The summed E-state index contributed by atoms with van der Waals surface area (Å²) in [6.07, 6.45) is 0.399. The van der Waals surface area contributed by atoms with Crippen LogP contribution in [0, 0.1) is 6.92 Å². The Hall–Kier alpha value is -2.85. The molecular weight excluding hydrogens is 477 g/mol. The van der Waals surface area contributed by atoms with Crippen LogP contribution < -0.4 is 9.47 Å². The molecule has 0 amide bonds. The average Bonchev–Trinajstić information content (AvgIpc) is 3.15. The van der Waals surface area contributed by atoms with Crippen molar-refractivity contribution in [1.29, 1.82) is 0 Å².